The zero-order chi connectivity index (χ0) is 24.4. The van der Waals surface area contributed by atoms with E-state index < -0.39 is 5.25 Å². The molecule has 5 rings (SSSR count). The predicted octanol–water partition coefficient (Wildman–Crippen LogP) is 4.84. The molecule has 0 bridgehead atoms. The van der Waals surface area contributed by atoms with Crippen LogP contribution in [0.2, 0.25) is 0 Å². The third-order valence-corrected chi connectivity index (χ3v) is 6.66. The van der Waals surface area contributed by atoms with Gasteiger partial charge in [0.15, 0.2) is 5.16 Å². The van der Waals surface area contributed by atoms with Gasteiger partial charge in [0.1, 0.15) is 11.1 Å². The molecule has 9 heteroatoms. The summed E-state index contributed by atoms with van der Waals surface area (Å²) in [5.74, 6) is -0.320. The first-order valence-corrected chi connectivity index (χ1v) is 11.7. The van der Waals surface area contributed by atoms with Crippen LogP contribution in [0.4, 0.5) is 10.1 Å². The smallest absolute Gasteiger partial charge is 0.263 e. The molecule has 0 radical (unpaired) electrons. The van der Waals surface area contributed by atoms with Gasteiger partial charge < -0.3 is 5.32 Å². The average molecular weight is 486 g/mol. The molecule has 7 nitrogen and oxygen atoms in total. The van der Waals surface area contributed by atoms with E-state index in [0.717, 1.165) is 5.56 Å². The number of amides is 1. The number of thioether (sulfide) groups is 1. The van der Waals surface area contributed by atoms with E-state index in [4.69, 9.17) is 0 Å². The van der Waals surface area contributed by atoms with Crippen molar-refractivity contribution in [1.82, 2.24) is 19.2 Å². The SMILES string of the molecule is C=CCn1c(=O)c2ccccc2n2c(SC(C(=O)Nc3ccc(F)cc3)c3ccccc3)nnc12. The van der Waals surface area contributed by atoms with Crippen LogP contribution in [0.3, 0.4) is 0 Å². The number of halogens is 1. The number of benzene rings is 3. The van der Waals surface area contributed by atoms with Gasteiger partial charge in [-0.1, -0.05) is 60.3 Å². The number of para-hydroxylation sites is 1. The molecule has 0 saturated carbocycles. The van der Waals surface area contributed by atoms with E-state index >= 15 is 0 Å². The normalized spacial score (nSPS) is 12.0. The van der Waals surface area contributed by atoms with Crippen LogP contribution < -0.4 is 10.9 Å². The highest BCUT2D eigenvalue weighted by Crippen LogP contribution is 2.36. The topological polar surface area (TPSA) is 81.3 Å². The summed E-state index contributed by atoms with van der Waals surface area (Å²) in [6.07, 6.45) is 1.63. The molecular weight excluding hydrogens is 465 g/mol. The van der Waals surface area contributed by atoms with Gasteiger partial charge in [0.05, 0.1) is 10.9 Å². The van der Waals surface area contributed by atoms with Crippen LogP contribution >= 0.6 is 11.8 Å². The Balaban J connectivity index is 1.62. The first-order chi connectivity index (χ1) is 17.1. The standard InChI is InChI=1S/C26H20FN5O2S/c1-2-16-31-24(34)20-10-6-7-11-21(20)32-25(31)29-30-26(32)35-22(17-8-4-3-5-9-17)23(33)28-19-14-12-18(27)13-15-19/h2-15,22H,1,16H2,(H,28,33). The van der Waals surface area contributed by atoms with Gasteiger partial charge >= 0.3 is 0 Å². The zero-order valence-electron chi connectivity index (χ0n) is 18.5. The molecule has 0 fully saturated rings. The zero-order valence-corrected chi connectivity index (χ0v) is 19.3. The monoisotopic (exact) mass is 485 g/mol. The van der Waals surface area contributed by atoms with Crippen molar-refractivity contribution in [3.05, 3.63) is 113 Å². The van der Waals surface area contributed by atoms with Crippen LogP contribution in [-0.4, -0.2) is 25.1 Å². The average Bonchev–Trinajstić information content (AvgIpc) is 3.30. The van der Waals surface area contributed by atoms with Crippen molar-refractivity contribution in [2.45, 2.75) is 17.0 Å². The minimum absolute atomic E-state index is 0.189. The Morgan fingerprint density at radius 1 is 1.03 bits per heavy atom. The molecule has 0 aliphatic rings. The van der Waals surface area contributed by atoms with Gasteiger partial charge in [-0.15, -0.1) is 16.8 Å². The Bertz CT molecular complexity index is 1600. The third-order valence-electron chi connectivity index (χ3n) is 5.47. The molecule has 2 heterocycles. The molecule has 1 amide bonds. The van der Waals surface area contributed by atoms with Crippen molar-refractivity contribution in [2.75, 3.05) is 5.32 Å². The van der Waals surface area contributed by atoms with Gasteiger partial charge in [-0.05, 0) is 42.0 Å². The van der Waals surface area contributed by atoms with E-state index in [1.807, 2.05) is 42.5 Å². The molecule has 1 unspecified atom stereocenters. The van der Waals surface area contributed by atoms with Crippen molar-refractivity contribution < 1.29 is 9.18 Å². The number of nitrogens with zero attached hydrogens (tertiary/aromatic N) is 4. The first kappa shape index (κ1) is 22.5. The number of allylic oxidation sites excluding steroid dienone is 1. The van der Waals surface area contributed by atoms with E-state index in [9.17, 15) is 14.0 Å². The molecule has 0 spiro atoms. The van der Waals surface area contributed by atoms with Gasteiger partial charge in [-0.3, -0.25) is 18.6 Å². The van der Waals surface area contributed by atoms with Crippen LogP contribution in [0.5, 0.6) is 0 Å². The Labute approximate surface area is 203 Å². The summed E-state index contributed by atoms with van der Waals surface area (Å²) < 4.78 is 16.6. The second-order valence-electron chi connectivity index (χ2n) is 7.74. The van der Waals surface area contributed by atoms with Crippen molar-refractivity contribution in [2.24, 2.45) is 0 Å². The van der Waals surface area contributed by atoms with E-state index in [2.05, 4.69) is 22.1 Å². The number of carbonyl (C=O) groups is 1. The molecule has 174 valence electrons. The Hall–Kier alpha value is -4.24. The summed E-state index contributed by atoms with van der Waals surface area (Å²) in [5.41, 5.74) is 1.70. The lowest BCUT2D eigenvalue weighted by Gasteiger charge is -2.17. The molecule has 0 aliphatic heterocycles. The lowest BCUT2D eigenvalue weighted by Crippen LogP contribution is -2.23. The quantitative estimate of drug-likeness (QED) is 0.264. The highest BCUT2D eigenvalue weighted by molar-refractivity contribution is 8.00. The van der Waals surface area contributed by atoms with Gasteiger partial charge in [0.2, 0.25) is 11.7 Å². The van der Waals surface area contributed by atoms with Gasteiger partial charge in [-0.2, -0.15) is 0 Å². The minimum atomic E-state index is -0.688. The van der Waals surface area contributed by atoms with Crippen molar-refractivity contribution in [1.29, 1.82) is 0 Å². The Morgan fingerprint density at radius 2 is 1.74 bits per heavy atom. The van der Waals surface area contributed by atoms with Gasteiger partial charge in [0.25, 0.3) is 5.56 Å². The molecule has 35 heavy (non-hydrogen) atoms. The van der Waals surface area contributed by atoms with Crippen molar-refractivity contribution in [3.63, 3.8) is 0 Å². The number of rotatable bonds is 7. The Morgan fingerprint density at radius 3 is 2.49 bits per heavy atom. The molecule has 1 atom stereocenters. The fourth-order valence-electron chi connectivity index (χ4n) is 3.85. The molecule has 1 N–H and O–H groups in total. The fourth-order valence-corrected chi connectivity index (χ4v) is 4.89. The summed E-state index contributed by atoms with van der Waals surface area (Å²) in [6, 6.07) is 22.1. The van der Waals surface area contributed by atoms with Gasteiger partial charge in [-0.25, -0.2) is 4.39 Å². The molecule has 3 aromatic carbocycles. The molecule has 0 saturated heterocycles. The number of hydrogen-bond acceptors (Lipinski definition) is 5. The van der Waals surface area contributed by atoms with E-state index in [1.165, 1.54) is 40.6 Å². The summed E-state index contributed by atoms with van der Waals surface area (Å²) in [6.45, 7) is 4.02. The summed E-state index contributed by atoms with van der Waals surface area (Å²) in [4.78, 5) is 26.5. The first-order valence-electron chi connectivity index (χ1n) is 10.8. The molecular formula is C26H20FN5O2S. The number of carbonyl (C=O) groups excluding carboxylic acids is 1. The highest BCUT2D eigenvalue weighted by Gasteiger charge is 2.26. The predicted molar refractivity (Wildman–Crippen MR) is 135 cm³/mol. The number of nitrogens with one attached hydrogen (secondary N) is 1. The number of anilines is 1. The van der Waals surface area contributed by atoms with Crippen molar-refractivity contribution >= 4 is 40.0 Å². The maximum absolute atomic E-state index is 13.4. The maximum Gasteiger partial charge on any atom is 0.263 e. The van der Waals surface area contributed by atoms with E-state index in [1.54, 1.807) is 22.6 Å². The maximum atomic E-state index is 13.4. The van der Waals surface area contributed by atoms with Crippen molar-refractivity contribution in [3.8, 4) is 0 Å². The van der Waals surface area contributed by atoms with Crippen LogP contribution in [0.25, 0.3) is 16.7 Å². The molecule has 2 aromatic heterocycles. The lowest BCUT2D eigenvalue weighted by molar-refractivity contribution is -0.115. The highest BCUT2D eigenvalue weighted by atomic mass is 32.2. The minimum Gasteiger partial charge on any atom is -0.325 e. The van der Waals surface area contributed by atoms with Crippen LogP contribution in [0.15, 0.2) is 101 Å². The largest absolute Gasteiger partial charge is 0.325 e. The molecule has 0 aliphatic carbocycles. The fraction of sp³-hybridized carbons (Fsp3) is 0.0769. The summed E-state index contributed by atoms with van der Waals surface area (Å²) >= 11 is 1.22. The number of aromatic nitrogens is 4. The third kappa shape index (κ3) is 4.33. The number of fused-ring (bicyclic) bond motifs is 3. The second-order valence-corrected chi connectivity index (χ2v) is 8.82. The van der Waals surface area contributed by atoms with Crippen LogP contribution in [0.1, 0.15) is 10.8 Å². The number of hydrogen-bond donors (Lipinski definition) is 1. The molecule has 5 aromatic rings. The van der Waals surface area contributed by atoms with E-state index in [-0.39, 0.29) is 23.8 Å². The van der Waals surface area contributed by atoms with Gasteiger partial charge in [0, 0.05) is 12.2 Å². The summed E-state index contributed by atoms with van der Waals surface area (Å²) in [5, 5.41) is 11.8. The second kappa shape index (κ2) is 9.55. The Kier molecular flexibility index (Phi) is 6.15. The van der Waals surface area contributed by atoms with Crippen LogP contribution in [-0.2, 0) is 11.3 Å². The van der Waals surface area contributed by atoms with Crippen LogP contribution in [0, 0.1) is 5.82 Å². The van der Waals surface area contributed by atoms with E-state index in [0.29, 0.717) is 27.5 Å². The summed E-state index contributed by atoms with van der Waals surface area (Å²) in [7, 11) is 0. The lowest BCUT2D eigenvalue weighted by atomic mass is 10.1.